The first-order valence-corrected chi connectivity index (χ1v) is 11.0. The second-order valence-corrected chi connectivity index (χ2v) is 8.39. The predicted molar refractivity (Wildman–Crippen MR) is 124 cm³/mol. The number of hydrogen-bond donors (Lipinski definition) is 0. The quantitative estimate of drug-likeness (QED) is 0.341. The number of ketones is 2. The number of benzene rings is 3. The van der Waals surface area contributed by atoms with E-state index in [0.29, 0.717) is 39.0 Å². The van der Waals surface area contributed by atoms with Crippen molar-refractivity contribution in [1.29, 1.82) is 0 Å². The number of carbonyl (C=O) groups is 2. The lowest BCUT2D eigenvalue weighted by Crippen LogP contribution is -2.12. The van der Waals surface area contributed by atoms with Crippen LogP contribution >= 0.6 is 23.4 Å². The zero-order valence-electron chi connectivity index (χ0n) is 16.8. The van der Waals surface area contributed by atoms with Crippen LogP contribution in [0, 0.1) is 0 Å². The maximum absolute atomic E-state index is 12.9. The first-order valence-electron chi connectivity index (χ1n) is 9.61. The van der Waals surface area contributed by atoms with Crippen molar-refractivity contribution in [2.75, 3.05) is 19.5 Å². The lowest BCUT2D eigenvalue weighted by atomic mass is 10.0. The van der Waals surface area contributed by atoms with Gasteiger partial charge in [0.15, 0.2) is 18.2 Å². The van der Waals surface area contributed by atoms with Crippen LogP contribution in [0.4, 0.5) is 0 Å². The molecule has 0 fully saturated rings. The van der Waals surface area contributed by atoms with Crippen molar-refractivity contribution in [1.82, 2.24) is 0 Å². The summed E-state index contributed by atoms with van der Waals surface area (Å²) in [5, 5.41) is 0.547. The molecule has 1 aliphatic heterocycles. The van der Waals surface area contributed by atoms with Gasteiger partial charge in [0.1, 0.15) is 11.5 Å². The Morgan fingerprint density at radius 3 is 2.65 bits per heavy atom. The van der Waals surface area contributed by atoms with Gasteiger partial charge in [-0.05, 0) is 66.2 Å². The van der Waals surface area contributed by atoms with Crippen molar-refractivity contribution < 1.29 is 19.1 Å². The van der Waals surface area contributed by atoms with Crippen molar-refractivity contribution in [2.45, 2.75) is 4.90 Å². The molecule has 3 aromatic carbocycles. The molecule has 0 N–H and O–H groups in total. The van der Waals surface area contributed by atoms with Gasteiger partial charge >= 0.3 is 0 Å². The van der Waals surface area contributed by atoms with Crippen molar-refractivity contribution in [3.8, 4) is 11.5 Å². The Bertz CT molecular complexity index is 1170. The molecule has 0 bridgehead atoms. The first-order chi connectivity index (χ1) is 15.0. The van der Waals surface area contributed by atoms with Crippen molar-refractivity contribution in [2.24, 2.45) is 0 Å². The van der Waals surface area contributed by atoms with Crippen LogP contribution in [0.25, 0.3) is 6.08 Å². The zero-order valence-corrected chi connectivity index (χ0v) is 18.3. The Kier molecular flexibility index (Phi) is 6.44. The standard InChI is InChI=1S/C25H19ClO4S/c1-29-20-8-5-17(6-9-20)23(27)14-30-21-4-2-3-16(12-21)11-18-15-31-24-10-7-19(26)13-22(24)25(18)28/h2-13H,14-15H2,1H3/b18-11+. The third-order valence-corrected chi connectivity index (χ3v) is 6.20. The van der Waals surface area contributed by atoms with E-state index < -0.39 is 0 Å². The lowest BCUT2D eigenvalue weighted by Gasteiger charge is -2.17. The van der Waals surface area contributed by atoms with Crippen LogP contribution in [0.5, 0.6) is 11.5 Å². The van der Waals surface area contributed by atoms with Gasteiger partial charge < -0.3 is 9.47 Å². The van der Waals surface area contributed by atoms with Crippen molar-refractivity contribution >= 4 is 41.0 Å². The number of Topliss-reactive ketones (excluding diaryl/α,β-unsaturated/α-hetero) is 2. The fourth-order valence-corrected chi connectivity index (χ4v) is 4.38. The van der Waals surface area contributed by atoms with E-state index in [0.717, 1.165) is 10.5 Å². The van der Waals surface area contributed by atoms with Gasteiger partial charge in [-0.2, -0.15) is 0 Å². The zero-order chi connectivity index (χ0) is 21.8. The van der Waals surface area contributed by atoms with Crippen LogP contribution in [0.2, 0.25) is 5.02 Å². The molecule has 3 aromatic rings. The molecule has 1 heterocycles. The minimum Gasteiger partial charge on any atom is -0.497 e. The lowest BCUT2D eigenvalue weighted by molar-refractivity contribution is 0.0921. The van der Waals surface area contributed by atoms with Crippen LogP contribution in [-0.4, -0.2) is 31.0 Å². The summed E-state index contributed by atoms with van der Waals surface area (Å²) < 4.78 is 10.8. The summed E-state index contributed by atoms with van der Waals surface area (Å²) in [6, 6.07) is 19.6. The number of carbonyl (C=O) groups excluding carboxylic acids is 2. The Balaban J connectivity index is 1.46. The van der Waals surface area contributed by atoms with Crippen LogP contribution in [0.3, 0.4) is 0 Å². The molecule has 0 aliphatic carbocycles. The number of halogens is 1. The second kappa shape index (κ2) is 9.41. The highest BCUT2D eigenvalue weighted by Gasteiger charge is 2.22. The molecule has 0 amide bonds. The van der Waals surface area contributed by atoms with Crippen molar-refractivity contribution in [3.63, 3.8) is 0 Å². The Labute approximate surface area is 189 Å². The van der Waals surface area contributed by atoms with Gasteiger partial charge in [-0.3, -0.25) is 9.59 Å². The number of fused-ring (bicyclic) bond motifs is 1. The van der Waals surface area contributed by atoms with E-state index >= 15 is 0 Å². The van der Waals surface area contributed by atoms with Gasteiger partial charge in [0.2, 0.25) is 0 Å². The Hall–Kier alpha value is -3.02. The molecule has 0 spiro atoms. The van der Waals surface area contributed by atoms with Crippen LogP contribution in [0.1, 0.15) is 26.3 Å². The van der Waals surface area contributed by atoms with Gasteiger partial charge in [-0.1, -0.05) is 23.7 Å². The number of hydrogen-bond acceptors (Lipinski definition) is 5. The summed E-state index contributed by atoms with van der Waals surface area (Å²) in [5.41, 5.74) is 2.73. The fraction of sp³-hybridized carbons (Fsp3) is 0.120. The molecule has 6 heteroatoms. The largest absolute Gasteiger partial charge is 0.497 e. The third kappa shape index (κ3) is 5.01. The third-order valence-electron chi connectivity index (χ3n) is 4.84. The maximum Gasteiger partial charge on any atom is 0.200 e. The summed E-state index contributed by atoms with van der Waals surface area (Å²) in [6.45, 7) is -0.0764. The summed E-state index contributed by atoms with van der Waals surface area (Å²) in [6.07, 6.45) is 1.86. The first kappa shape index (κ1) is 21.2. The van der Waals surface area contributed by atoms with E-state index in [1.807, 2.05) is 30.3 Å². The summed E-state index contributed by atoms with van der Waals surface area (Å²) in [4.78, 5) is 26.2. The molecule has 0 unspecified atom stereocenters. The number of ether oxygens (including phenoxy) is 2. The SMILES string of the molecule is COc1ccc(C(=O)COc2cccc(/C=C3\CSc4ccc(Cl)cc4C3=O)c2)cc1. The minimum absolute atomic E-state index is 0.0164. The molecular formula is C25H19ClO4S. The minimum atomic E-state index is -0.126. The molecule has 0 atom stereocenters. The highest BCUT2D eigenvalue weighted by molar-refractivity contribution is 7.99. The molecule has 4 rings (SSSR count). The number of methoxy groups -OCH3 is 1. The van der Waals surface area contributed by atoms with E-state index in [4.69, 9.17) is 21.1 Å². The fourth-order valence-electron chi connectivity index (χ4n) is 3.21. The Morgan fingerprint density at radius 2 is 1.87 bits per heavy atom. The smallest absolute Gasteiger partial charge is 0.200 e. The monoisotopic (exact) mass is 450 g/mol. The van der Waals surface area contributed by atoms with Gasteiger partial charge in [0.25, 0.3) is 0 Å². The average molecular weight is 451 g/mol. The molecule has 156 valence electrons. The molecule has 0 saturated heterocycles. The number of rotatable bonds is 6. The molecule has 4 nitrogen and oxygen atoms in total. The van der Waals surface area contributed by atoms with E-state index in [1.54, 1.807) is 61.3 Å². The van der Waals surface area contributed by atoms with Gasteiger partial charge in [0.05, 0.1) is 7.11 Å². The topological polar surface area (TPSA) is 52.6 Å². The molecule has 31 heavy (non-hydrogen) atoms. The highest BCUT2D eigenvalue weighted by atomic mass is 35.5. The van der Waals surface area contributed by atoms with Gasteiger partial charge in [0, 0.05) is 32.4 Å². The molecule has 0 aromatic heterocycles. The normalized spacial score (nSPS) is 14.3. The van der Waals surface area contributed by atoms with Gasteiger partial charge in [-0.15, -0.1) is 11.8 Å². The van der Waals surface area contributed by atoms with Crippen LogP contribution in [-0.2, 0) is 0 Å². The van der Waals surface area contributed by atoms with E-state index in [9.17, 15) is 9.59 Å². The average Bonchev–Trinajstić information content (AvgIpc) is 2.80. The predicted octanol–water partition coefficient (Wildman–Crippen LogP) is 5.98. The molecule has 1 aliphatic rings. The van der Waals surface area contributed by atoms with Crippen molar-refractivity contribution in [3.05, 3.63) is 94.0 Å². The molecule has 0 saturated carbocycles. The second-order valence-electron chi connectivity index (χ2n) is 6.94. The van der Waals surface area contributed by atoms with E-state index in [2.05, 4.69) is 0 Å². The van der Waals surface area contributed by atoms with Crippen LogP contribution in [0.15, 0.2) is 77.2 Å². The van der Waals surface area contributed by atoms with Crippen LogP contribution < -0.4 is 9.47 Å². The number of thioether (sulfide) groups is 1. The molecular weight excluding hydrogens is 432 g/mol. The summed E-state index contributed by atoms with van der Waals surface area (Å²) in [7, 11) is 1.58. The maximum atomic E-state index is 12.9. The highest BCUT2D eigenvalue weighted by Crippen LogP contribution is 2.35. The summed E-state index contributed by atoms with van der Waals surface area (Å²) in [5.74, 6) is 1.71. The summed E-state index contributed by atoms with van der Waals surface area (Å²) >= 11 is 7.67. The van der Waals surface area contributed by atoms with E-state index in [-0.39, 0.29) is 18.2 Å². The Morgan fingerprint density at radius 1 is 1.06 bits per heavy atom. The van der Waals surface area contributed by atoms with E-state index in [1.165, 1.54) is 0 Å². The van der Waals surface area contributed by atoms with Gasteiger partial charge in [-0.25, -0.2) is 0 Å². The molecule has 0 radical (unpaired) electrons.